The number of carbonyl (C=O) groups is 1. The summed E-state index contributed by atoms with van der Waals surface area (Å²) in [6, 6.07) is 0.649. The Morgan fingerprint density at radius 2 is 1.94 bits per heavy atom. The second-order valence-electron chi connectivity index (χ2n) is 3.14. The number of halogens is 5. The molecule has 0 aliphatic rings. The third kappa shape index (κ3) is 3.65. The molecule has 1 aromatic rings. The Hall–Kier alpha value is -1.73. The minimum Gasteiger partial charge on any atom is -0.481 e. The molecule has 0 atom stereocenters. The van der Waals surface area contributed by atoms with Crippen LogP contribution in [0.25, 0.3) is 0 Å². The van der Waals surface area contributed by atoms with E-state index < -0.39 is 41.9 Å². The molecule has 1 N–H and O–H groups in total. The maximum atomic E-state index is 12.3. The van der Waals surface area contributed by atoms with Gasteiger partial charge in [-0.25, -0.2) is 8.78 Å². The predicted molar refractivity (Wildman–Crippen MR) is 45.5 cm³/mol. The highest BCUT2D eigenvalue weighted by atomic mass is 19.4. The Labute approximate surface area is 91.9 Å². The van der Waals surface area contributed by atoms with E-state index in [0.717, 1.165) is 0 Å². The second-order valence-corrected chi connectivity index (χ2v) is 3.14. The molecule has 1 heterocycles. The van der Waals surface area contributed by atoms with Gasteiger partial charge in [-0.1, -0.05) is 0 Å². The molecular formula is C9H6F5NO2. The number of aliphatic carboxylic acids is 1. The zero-order valence-electron chi connectivity index (χ0n) is 8.13. The van der Waals surface area contributed by atoms with Gasteiger partial charge in [0.25, 0.3) is 6.43 Å². The van der Waals surface area contributed by atoms with Gasteiger partial charge in [-0.3, -0.25) is 9.78 Å². The van der Waals surface area contributed by atoms with E-state index in [4.69, 9.17) is 5.11 Å². The quantitative estimate of drug-likeness (QED) is 0.845. The van der Waals surface area contributed by atoms with Crippen LogP contribution in [-0.2, 0) is 17.4 Å². The molecule has 0 saturated heterocycles. The minimum absolute atomic E-state index is 0.204. The molecule has 0 spiro atoms. The molecule has 0 fully saturated rings. The Bertz CT molecular complexity index is 430. The third-order valence-electron chi connectivity index (χ3n) is 1.78. The van der Waals surface area contributed by atoms with Gasteiger partial charge < -0.3 is 5.11 Å². The highest BCUT2D eigenvalue weighted by Crippen LogP contribution is 2.31. The SMILES string of the molecule is O=C(O)Cc1cc(C(F)(F)F)cc(C(F)F)n1. The standard InChI is InChI=1S/C9H6F5NO2/c10-8(11)6-2-4(9(12,13)14)1-5(15-6)3-7(16)17/h1-2,8H,3H2,(H,16,17). The van der Waals surface area contributed by atoms with Gasteiger partial charge in [0.2, 0.25) is 0 Å². The Balaban J connectivity index is 3.23. The summed E-state index contributed by atoms with van der Waals surface area (Å²) in [4.78, 5) is 13.5. The fourth-order valence-electron chi connectivity index (χ4n) is 1.13. The maximum Gasteiger partial charge on any atom is 0.416 e. The smallest absolute Gasteiger partial charge is 0.416 e. The van der Waals surface area contributed by atoms with Crippen LogP contribution in [0.2, 0.25) is 0 Å². The van der Waals surface area contributed by atoms with Gasteiger partial charge in [0, 0.05) is 0 Å². The third-order valence-corrected chi connectivity index (χ3v) is 1.78. The lowest BCUT2D eigenvalue weighted by Gasteiger charge is -2.10. The summed E-state index contributed by atoms with van der Waals surface area (Å²) in [5.41, 5.74) is -2.97. The molecule has 1 aromatic heterocycles. The molecule has 0 aromatic carbocycles. The van der Waals surface area contributed by atoms with E-state index in [2.05, 4.69) is 4.98 Å². The summed E-state index contributed by atoms with van der Waals surface area (Å²) < 4.78 is 61.5. The molecule has 0 bridgehead atoms. The molecule has 1 rings (SSSR count). The van der Waals surface area contributed by atoms with Crippen LogP contribution in [0, 0.1) is 0 Å². The molecule has 0 radical (unpaired) electrons. The van der Waals surface area contributed by atoms with Gasteiger partial charge in [0.05, 0.1) is 17.7 Å². The maximum absolute atomic E-state index is 12.3. The van der Waals surface area contributed by atoms with Crippen molar-refractivity contribution < 1.29 is 31.9 Å². The van der Waals surface area contributed by atoms with Crippen molar-refractivity contribution in [3.63, 3.8) is 0 Å². The van der Waals surface area contributed by atoms with Crippen LogP contribution in [-0.4, -0.2) is 16.1 Å². The van der Waals surface area contributed by atoms with Crippen LogP contribution in [0.4, 0.5) is 22.0 Å². The van der Waals surface area contributed by atoms with Crippen LogP contribution in [0.3, 0.4) is 0 Å². The van der Waals surface area contributed by atoms with Gasteiger partial charge in [-0.15, -0.1) is 0 Å². The second kappa shape index (κ2) is 4.64. The molecule has 0 amide bonds. The van der Waals surface area contributed by atoms with Crippen molar-refractivity contribution in [1.82, 2.24) is 4.98 Å². The van der Waals surface area contributed by atoms with E-state index in [1.807, 2.05) is 0 Å². The largest absolute Gasteiger partial charge is 0.481 e. The lowest BCUT2D eigenvalue weighted by atomic mass is 10.1. The number of carboxylic acid groups (broad SMARTS) is 1. The first-order valence-corrected chi connectivity index (χ1v) is 4.28. The number of aromatic nitrogens is 1. The molecule has 0 aliphatic heterocycles. The summed E-state index contributed by atoms with van der Waals surface area (Å²) in [5.74, 6) is -1.45. The molecule has 3 nitrogen and oxygen atoms in total. The molecule has 0 saturated carbocycles. The van der Waals surface area contributed by atoms with E-state index in [1.54, 1.807) is 0 Å². The van der Waals surface area contributed by atoms with Gasteiger partial charge in [-0.05, 0) is 12.1 Å². The number of pyridine rings is 1. The van der Waals surface area contributed by atoms with E-state index in [1.165, 1.54) is 0 Å². The van der Waals surface area contributed by atoms with Gasteiger partial charge >= 0.3 is 12.1 Å². The topological polar surface area (TPSA) is 50.2 Å². The molecular weight excluding hydrogens is 249 g/mol. The van der Waals surface area contributed by atoms with E-state index >= 15 is 0 Å². The van der Waals surface area contributed by atoms with Gasteiger partial charge in [0.15, 0.2) is 0 Å². The first-order valence-electron chi connectivity index (χ1n) is 4.28. The van der Waals surface area contributed by atoms with Gasteiger partial charge in [0.1, 0.15) is 5.69 Å². The van der Waals surface area contributed by atoms with Crippen molar-refractivity contribution in [2.45, 2.75) is 19.0 Å². The van der Waals surface area contributed by atoms with Crippen molar-refractivity contribution in [2.75, 3.05) is 0 Å². The fourth-order valence-corrected chi connectivity index (χ4v) is 1.13. The number of alkyl halides is 5. The summed E-state index contributed by atoms with van der Waals surface area (Å²) in [5, 5.41) is 8.38. The zero-order valence-corrected chi connectivity index (χ0v) is 8.13. The fraction of sp³-hybridized carbons (Fsp3) is 0.333. The molecule has 0 unspecified atom stereocenters. The van der Waals surface area contributed by atoms with Gasteiger partial charge in [-0.2, -0.15) is 13.2 Å². The minimum atomic E-state index is -4.82. The molecule has 0 aliphatic carbocycles. The number of nitrogens with zero attached hydrogens (tertiary/aromatic N) is 1. The zero-order chi connectivity index (χ0) is 13.2. The van der Waals surface area contributed by atoms with Crippen molar-refractivity contribution in [3.8, 4) is 0 Å². The summed E-state index contributed by atoms with van der Waals surface area (Å²) in [6.07, 6.45) is -8.85. The van der Waals surface area contributed by atoms with E-state index in [9.17, 15) is 26.7 Å². The molecule has 8 heteroatoms. The number of hydrogen-bond donors (Lipinski definition) is 1. The lowest BCUT2D eigenvalue weighted by molar-refractivity contribution is -0.139. The van der Waals surface area contributed by atoms with Crippen molar-refractivity contribution in [1.29, 1.82) is 0 Å². The molecule has 17 heavy (non-hydrogen) atoms. The number of carboxylic acids is 1. The van der Waals surface area contributed by atoms with Crippen LogP contribution < -0.4 is 0 Å². The first-order chi connectivity index (χ1) is 7.70. The average Bonchev–Trinajstić information content (AvgIpc) is 2.14. The summed E-state index contributed by atoms with van der Waals surface area (Å²) in [7, 11) is 0. The van der Waals surface area contributed by atoms with Crippen LogP contribution in [0.1, 0.15) is 23.4 Å². The monoisotopic (exact) mass is 255 g/mol. The van der Waals surface area contributed by atoms with Crippen molar-refractivity contribution in [2.24, 2.45) is 0 Å². The highest BCUT2D eigenvalue weighted by Gasteiger charge is 2.32. The van der Waals surface area contributed by atoms with Crippen LogP contribution >= 0.6 is 0 Å². The lowest BCUT2D eigenvalue weighted by Crippen LogP contribution is -2.11. The predicted octanol–water partition coefficient (Wildman–Crippen LogP) is 2.67. The average molecular weight is 255 g/mol. The van der Waals surface area contributed by atoms with E-state index in [-0.39, 0.29) is 6.07 Å². The Morgan fingerprint density at radius 3 is 2.35 bits per heavy atom. The van der Waals surface area contributed by atoms with Crippen LogP contribution in [0.15, 0.2) is 12.1 Å². The summed E-state index contributed by atoms with van der Waals surface area (Å²) >= 11 is 0. The van der Waals surface area contributed by atoms with E-state index in [0.29, 0.717) is 6.07 Å². The molecule has 94 valence electrons. The first kappa shape index (κ1) is 13.3. The normalized spacial score (nSPS) is 11.9. The van der Waals surface area contributed by atoms with Crippen LogP contribution in [0.5, 0.6) is 0 Å². The highest BCUT2D eigenvalue weighted by molar-refractivity contribution is 5.69. The number of hydrogen-bond acceptors (Lipinski definition) is 2. The summed E-state index contributed by atoms with van der Waals surface area (Å²) in [6.45, 7) is 0. The number of rotatable bonds is 3. The Morgan fingerprint density at radius 1 is 1.35 bits per heavy atom. The Kier molecular flexibility index (Phi) is 3.64. The van der Waals surface area contributed by atoms with Crippen molar-refractivity contribution in [3.05, 3.63) is 29.1 Å². The van der Waals surface area contributed by atoms with Crippen molar-refractivity contribution >= 4 is 5.97 Å².